The SMILES string of the molecule is N[C@H]1CCc2cc(NC[C@@](O)(c3cc(Br)cc(Br)c3)C(F)(F)F)ccc21. The molecule has 3 rings (SSSR count). The van der Waals surface area contributed by atoms with E-state index in [4.69, 9.17) is 5.73 Å². The Bertz CT molecular complexity index is 808. The first-order valence-corrected chi connectivity index (χ1v) is 9.57. The van der Waals surface area contributed by atoms with E-state index in [1.807, 2.05) is 6.07 Å². The normalized spacial score (nSPS) is 19.1. The molecule has 0 unspecified atom stereocenters. The van der Waals surface area contributed by atoms with Gasteiger partial charge in [-0.25, -0.2) is 0 Å². The van der Waals surface area contributed by atoms with Gasteiger partial charge in [-0.15, -0.1) is 0 Å². The molecule has 1 aliphatic rings. The zero-order valence-electron chi connectivity index (χ0n) is 13.6. The summed E-state index contributed by atoms with van der Waals surface area (Å²) < 4.78 is 42.0. The van der Waals surface area contributed by atoms with Crippen molar-refractivity contribution >= 4 is 37.5 Å². The van der Waals surface area contributed by atoms with E-state index in [0.717, 1.165) is 24.0 Å². The van der Waals surface area contributed by atoms with Crippen molar-refractivity contribution in [1.82, 2.24) is 0 Å². The molecule has 0 bridgehead atoms. The molecule has 0 aliphatic heterocycles. The van der Waals surface area contributed by atoms with Gasteiger partial charge in [0.25, 0.3) is 0 Å². The van der Waals surface area contributed by atoms with Gasteiger partial charge in [0, 0.05) is 20.7 Å². The number of hydrogen-bond acceptors (Lipinski definition) is 3. The van der Waals surface area contributed by atoms with Gasteiger partial charge in [-0.3, -0.25) is 0 Å². The summed E-state index contributed by atoms with van der Waals surface area (Å²) in [5.74, 6) is 0. The highest BCUT2D eigenvalue weighted by molar-refractivity contribution is 9.11. The first-order valence-electron chi connectivity index (χ1n) is 7.98. The van der Waals surface area contributed by atoms with Gasteiger partial charge in [0.2, 0.25) is 5.60 Å². The topological polar surface area (TPSA) is 58.3 Å². The van der Waals surface area contributed by atoms with Crippen LogP contribution in [0.25, 0.3) is 0 Å². The van der Waals surface area contributed by atoms with Crippen molar-refractivity contribution < 1.29 is 18.3 Å². The van der Waals surface area contributed by atoms with Crippen LogP contribution in [-0.2, 0) is 12.0 Å². The molecular formula is C18H17Br2F3N2O. The summed E-state index contributed by atoms with van der Waals surface area (Å²) in [6.07, 6.45) is -3.22. The summed E-state index contributed by atoms with van der Waals surface area (Å²) >= 11 is 6.33. The van der Waals surface area contributed by atoms with Gasteiger partial charge in [0.05, 0.1) is 6.54 Å². The van der Waals surface area contributed by atoms with E-state index in [2.05, 4.69) is 37.2 Å². The highest BCUT2D eigenvalue weighted by Gasteiger charge is 2.55. The van der Waals surface area contributed by atoms with Gasteiger partial charge in [0.1, 0.15) is 0 Å². The average Bonchev–Trinajstić information content (AvgIpc) is 2.91. The maximum atomic E-state index is 13.7. The van der Waals surface area contributed by atoms with Gasteiger partial charge in [-0.2, -0.15) is 13.2 Å². The van der Waals surface area contributed by atoms with Crippen molar-refractivity contribution in [3.05, 3.63) is 62.0 Å². The van der Waals surface area contributed by atoms with Crippen molar-refractivity contribution in [3.63, 3.8) is 0 Å². The molecule has 0 saturated heterocycles. The van der Waals surface area contributed by atoms with Crippen LogP contribution in [0.5, 0.6) is 0 Å². The highest BCUT2D eigenvalue weighted by atomic mass is 79.9. The third kappa shape index (κ3) is 3.78. The van der Waals surface area contributed by atoms with E-state index >= 15 is 0 Å². The van der Waals surface area contributed by atoms with E-state index in [1.165, 1.54) is 12.1 Å². The van der Waals surface area contributed by atoms with Gasteiger partial charge < -0.3 is 16.2 Å². The zero-order chi connectivity index (χ0) is 19.1. The lowest BCUT2D eigenvalue weighted by Gasteiger charge is -2.32. The maximum absolute atomic E-state index is 13.7. The Balaban J connectivity index is 1.88. The van der Waals surface area contributed by atoms with Crippen LogP contribution in [0.4, 0.5) is 18.9 Å². The third-order valence-electron chi connectivity index (χ3n) is 4.62. The lowest BCUT2D eigenvalue weighted by atomic mass is 9.92. The van der Waals surface area contributed by atoms with Crippen LogP contribution in [-0.4, -0.2) is 17.8 Å². The van der Waals surface area contributed by atoms with Crippen LogP contribution >= 0.6 is 31.9 Å². The molecule has 0 radical (unpaired) electrons. The van der Waals surface area contributed by atoms with Crippen LogP contribution in [0, 0.1) is 0 Å². The van der Waals surface area contributed by atoms with Crippen molar-refractivity contribution in [3.8, 4) is 0 Å². The van der Waals surface area contributed by atoms with Gasteiger partial charge in [-0.05, 0) is 59.9 Å². The summed E-state index contributed by atoms with van der Waals surface area (Å²) in [5.41, 5.74) is 5.28. The summed E-state index contributed by atoms with van der Waals surface area (Å²) in [7, 11) is 0. The summed E-state index contributed by atoms with van der Waals surface area (Å²) in [5, 5.41) is 13.2. The molecule has 26 heavy (non-hydrogen) atoms. The van der Waals surface area contributed by atoms with Crippen LogP contribution in [0.2, 0.25) is 0 Å². The Hall–Kier alpha value is -1.09. The Morgan fingerprint density at radius 1 is 1.12 bits per heavy atom. The molecule has 0 fully saturated rings. The summed E-state index contributed by atoms with van der Waals surface area (Å²) in [6.45, 7) is -0.704. The van der Waals surface area contributed by atoms with Crippen molar-refractivity contribution in [2.45, 2.75) is 30.7 Å². The Morgan fingerprint density at radius 2 is 1.77 bits per heavy atom. The molecule has 8 heteroatoms. The standard InChI is InChI=1S/C18H17Br2F3N2O/c19-12-6-11(7-13(20)8-12)17(26,18(21,22)23)9-25-14-2-3-15-10(5-14)1-4-16(15)24/h2-3,5-8,16,25-26H,1,4,9,24H2/t16-,17+/m0/s1. The maximum Gasteiger partial charge on any atom is 0.423 e. The molecule has 0 aromatic heterocycles. The Kier molecular flexibility index (Phi) is 5.40. The number of aliphatic hydroxyl groups is 1. The molecular weight excluding hydrogens is 477 g/mol. The van der Waals surface area contributed by atoms with E-state index in [-0.39, 0.29) is 11.6 Å². The van der Waals surface area contributed by atoms with Crippen molar-refractivity contribution in [1.29, 1.82) is 0 Å². The average molecular weight is 494 g/mol. The highest BCUT2D eigenvalue weighted by Crippen LogP contribution is 2.41. The molecule has 0 amide bonds. The molecule has 140 valence electrons. The van der Waals surface area contributed by atoms with Crippen LogP contribution in [0.3, 0.4) is 0 Å². The fourth-order valence-corrected chi connectivity index (χ4v) is 4.44. The van der Waals surface area contributed by atoms with E-state index < -0.39 is 18.3 Å². The quantitative estimate of drug-likeness (QED) is 0.560. The van der Waals surface area contributed by atoms with Crippen molar-refractivity contribution in [2.24, 2.45) is 5.73 Å². The predicted octanol–water partition coefficient (Wildman–Crippen LogP) is 5.02. The molecule has 2 atom stereocenters. The monoisotopic (exact) mass is 492 g/mol. The second-order valence-corrected chi connectivity index (χ2v) is 8.26. The van der Waals surface area contributed by atoms with Crippen LogP contribution in [0.1, 0.15) is 29.2 Å². The molecule has 0 spiro atoms. The molecule has 3 nitrogen and oxygen atoms in total. The molecule has 0 heterocycles. The number of nitrogens with one attached hydrogen (secondary N) is 1. The molecule has 2 aromatic carbocycles. The number of halogens is 5. The lowest BCUT2D eigenvalue weighted by Crippen LogP contribution is -2.47. The second kappa shape index (κ2) is 7.14. The molecule has 0 saturated carbocycles. The lowest BCUT2D eigenvalue weighted by molar-refractivity contribution is -0.260. The summed E-state index contributed by atoms with van der Waals surface area (Å²) in [4.78, 5) is 0. The van der Waals surface area contributed by atoms with Gasteiger partial charge in [-0.1, -0.05) is 37.9 Å². The van der Waals surface area contributed by atoms with E-state index in [1.54, 1.807) is 18.2 Å². The molecule has 4 N–H and O–H groups in total. The van der Waals surface area contributed by atoms with Crippen LogP contribution < -0.4 is 11.1 Å². The second-order valence-electron chi connectivity index (χ2n) is 6.43. The molecule has 1 aliphatic carbocycles. The first kappa shape index (κ1) is 19.7. The minimum absolute atomic E-state index is 0.0230. The van der Waals surface area contributed by atoms with Gasteiger partial charge >= 0.3 is 6.18 Å². The predicted molar refractivity (Wildman–Crippen MR) is 102 cm³/mol. The number of aryl methyl sites for hydroxylation is 1. The van der Waals surface area contributed by atoms with Crippen molar-refractivity contribution in [2.75, 3.05) is 11.9 Å². The number of alkyl halides is 3. The first-order chi connectivity index (χ1) is 12.1. The number of fused-ring (bicyclic) bond motifs is 1. The number of benzene rings is 2. The van der Waals surface area contributed by atoms with E-state index in [9.17, 15) is 18.3 Å². The fourth-order valence-electron chi connectivity index (χ4n) is 3.15. The third-order valence-corrected chi connectivity index (χ3v) is 5.54. The van der Waals surface area contributed by atoms with Gasteiger partial charge in [0.15, 0.2) is 0 Å². The Labute approximate surface area is 166 Å². The van der Waals surface area contributed by atoms with Crippen LogP contribution in [0.15, 0.2) is 45.3 Å². The minimum Gasteiger partial charge on any atom is -0.381 e. The number of nitrogens with two attached hydrogens (primary N) is 1. The van der Waals surface area contributed by atoms with E-state index in [0.29, 0.717) is 14.6 Å². The number of rotatable bonds is 4. The number of anilines is 1. The fraction of sp³-hybridized carbons (Fsp3) is 0.333. The minimum atomic E-state index is -4.85. The molecule has 2 aromatic rings. The summed E-state index contributed by atoms with van der Waals surface area (Å²) in [6, 6.07) is 9.44. The smallest absolute Gasteiger partial charge is 0.381 e. The Morgan fingerprint density at radius 3 is 2.38 bits per heavy atom. The number of hydrogen-bond donors (Lipinski definition) is 3. The zero-order valence-corrected chi connectivity index (χ0v) is 16.7. The largest absolute Gasteiger partial charge is 0.423 e.